The van der Waals surface area contributed by atoms with E-state index in [0.717, 1.165) is 11.6 Å². The van der Waals surface area contributed by atoms with Crippen LogP contribution >= 0.6 is 0 Å². The van der Waals surface area contributed by atoms with E-state index in [0.29, 0.717) is 49.5 Å². The van der Waals surface area contributed by atoms with Crippen LogP contribution in [-0.4, -0.2) is 40.0 Å². The number of benzene rings is 1. The summed E-state index contributed by atoms with van der Waals surface area (Å²) in [6.45, 7) is 1.90. The molecule has 9 heteroatoms. The molecule has 0 atom stereocenters. The topological polar surface area (TPSA) is 67.3 Å². The molecule has 1 saturated heterocycles. The van der Waals surface area contributed by atoms with Gasteiger partial charge >= 0.3 is 6.18 Å². The number of amides is 1. The number of rotatable bonds is 7. The largest absolute Gasteiger partial charge is 0.474 e. The van der Waals surface area contributed by atoms with Crippen molar-refractivity contribution in [2.45, 2.75) is 38.2 Å². The molecule has 4 rings (SSSR count). The van der Waals surface area contributed by atoms with Crippen LogP contribution in [0.3, 0.4) is 0 Å². The third-order valence-electron chi connectivity index (χ3n) is 5.73. The maximum absolute atomic E-state index is 13.2. The molecule has 2 aromatic heterocycles. The Hall–Kier alpha value is -3.46. The van der Waals surface area contributed by atoms with Gasteiger partial charge in [0.05, 0.1) is 5.56 Å². The molecule has 1 aliphatic rings. The van der Waals surface area contributed by atoms with Crippen molar-refractivity contribution < 1.29 is 22.7 Å². The van der Waals surface area contributed by atoms with Crippen molar-refractivity contribution in [3.8, 4) is 5.88 Å². The number of carbonyl (C=O) groups is 1. The lowest BCUT2D eigenvalue weighted by atomic mass is 10.0. The molecular weight excluding hydrogens is 445 g/mol. The lowest BCUT2D eigenvalue weighted by Gasteiger charge is -2.32. The lowest BCUT2D eigenvalue weighted by molar-refractivity contribution is -0.138. The van der Waals surface area contributed by atoms with Gasteiger partial charge in [-0.1, -0.05) is 24.3 Å². The van der Waals surface area contributed by atoms with Crippen LogP contribution in [0.4, 0.5) is 13.2 Å². The molecule has 1 fully saturated rings. The van der Waals surface area contributed by atoms with Crippen LogP contribution in [-0.2, 0) is 19.3 Å². The highest BCUT2D eigenvalue weighted by Gasteiger charge is 2.33. The average molecular weight is 470 g/mol. The highest BCUT2D eigenvalue weighted by atomic mass is 19.4. The Morgan fingerprint density at radius 2 is 1.79 bits per heavy atom. The van der Waals surface area contributed by atoms with Crippen LogP contribution < -0.4 is 10.1 Å². The SMILES string of the molecule is O=C(NCc1ccc(OC2CCN(Cc3ccccc3C(F)(F)F)CC2)nc1)c1ccncc1. The minimum Gasteiger partial charge on any atom is -0.474 e. The number of halogens is 3. The molecular formula is C25H25F3N4O2. The minimum absolute atomic E-state index is 0.0427. The maximum atomic E-state index is 13.2. The number of nitrogens with one attached hydrogen (secondary N) is 1. The van der Waals surface area contributed by atoms with Gasteiger partial charge in [0, 0.05) is 56.4 Å². The second-order valence-electron chi connectivity index (χ2n) is 8.17. The Labute approximate surface area is 195 Å². The molecule has 3 aromatic rings. The molecule has 0 radical (unpaired) electrons. The van der Waals surface area contributed by atoms with E-state index in [1.807, 2.05) is 11.0 Å². The highest BCUT2D eigenvalue weighted by molar-refractivity contribution is 5.93. The molecule has 1 N–H and O–H groups in total. The molecule has 6 nitrogen and oxygen atoms in total. The molecule has 34 heavy (non-hydrogen) atoms. The fourth-order valence-electron chi connectivity index (χ4n) is 3.90. The summed E-state index contributed by atoms with van der Waals surface area (Å²) in [6, 6.07) is 12.6. The van der Waals surface area contributed by atoms with Crippen molar-refractivity contribution in [3.63, 3.8) is 0 Å². The first-order chi connectivity index (χ1) is 16.4. The third-order valence-corrected chi connectivity index (χ3v) is 5.73. The minimum atomic E-state index is -4.35. The van der Waals surface area contributed by atoms with Crippen LogP contribution in [0.25, 0.3) is 0 Å². The predicted molar refractivity (Wildman–Crippen MR) is 120 cm³/mol. The first-order valence-corrected chi connectivity index (χ1v) is 11.1. The van der Waals surface area contributed by atoms with Gasteiger partial charge in [-0.2, -0.15) is 13.2 Å². The third kappa shape index (κ3) is 6.32. The molecule has 0 saturated carbocycles. The van der Waals surface area contributed by atoms with Gasteiger partial charge in [0.1, 0.15) is 6.10 Å². The fraction of sp³-hybridized carbons (Fsp3) is 0.320. The number of aromatic nitrogens is 2. The van der Waals surface area contributed by atoms with E-state index >= 15 is 0 Å². The highest BCUT2D eigenvalue weighted by Crippen LogP contribution is 2.32. The number of hydrogen-bond donors (Lipinski definition) is 1. The summed E-state index contributed by atoms with van der Waals surface area (Å²) in [5.41, 5.74) is 1.10. The number of hydrogen-bond acceptors (Lipinski definition) is 5. The van der Waals surface area contributed by atoms with Crippen molar-refractivity contribution in [2.24, 2.45) is 0 Å². The van der Waals surface area contributed by atoms with Gasteiger partial charge in [0.25, 0.3) is 5.91 Å². The summed E-state index contributed by atoms with van der Waals surface area (Å²) in [5.74, 6) is 0.303. The second-order valence-corrected chi connectivity index (χ2v) is 8.17. The van der Waals surface area contributed by atoms with E-state index in [1.54, 1.807) is 42.9 Å². The van der Waals surface area contributed by atoms with Gasteiger partial charge in [-0.25, -0.2) is 4.98 Å². The molecule has 1 aliphatic heterocycles. The molecule has 0 bridgehead atoms. The maximum Gasteiger partial charge on any atom is 0.416 e. The Bertz CT molecular complexity index is 1080. The Kier molecular flexibility index (Phi) is 7.42. The molecule has 3 heterocycles. The Morgan fingerprint density at radius 1 is 1.06 bits per heavy atom. The Balaban J connectivity index is 1.23. The number of carbonyl (C=O) groups excluding carboxylic acids is 1. The van der Waals surface area contributed by atoms with E-state index in [2.05, 4.69) is 15.3 Å². The van der Waals surface area contributed by atoms with Crippen molar-refractivity contribution in [3.05, 3.63) is 89.4 Å². The number of pyridine rings is 2. The predicted octanol–water partition coefficient (Wildman–Crippen LogP) is 4.47. The van der Waals surface area contributed by atoms with Crippen molar-refractivity contribution in [2.75, 3.05) is 13.1 Å². The summed E-state index contributed by atoms with van der Waals surface area (Å²) < 4.78 is 45.7. The van der Waals surface area contributed by atoms with Gasteiger partial charge in [-0.15, -0.1) is 0 Å². The van der Waals surface area contributed by atoms with Gasteiger partial charge in [-0.05, 0) is 42.2 Å². The molecule has 0 spiro atoms. The summed E-state index contributed by atoms with van der Waals surface area (Å²) in [5, 5.41) is 2.83. The number of ether oxygens (including phenoxy) is 1. The molecule has 0 aliphatic carbocycles. The summed E-state index contributed by atoms with van der Waals surface area (Å²) >= 11 is 0. The van der Waals surface area contributed by atoms with Crippen LogP contribution in [0.5, 0.6) is 5.88 Å². The van der Waals surface area contributed by atoms with E-state index < -0.39 is 11.7 Å². The zero-order chi connectivity index (χ0) is 24.0. The van der Waals surface area contributed by atoms with Crippen molar-refractivity contribution in [1.82, 2.24) is 20.2 Å². The monoisotopic (exact) mass is 470 g/mol. The molecule has 1 aromatic carbocycles. The van der Waals surface area contributed by atoms with Crippen LogP contribution in [0, 0.1) is 0 Å². The first kappa shape index (κ1) is 23.7. The summed E-state index contributed by atoms with van der Waals surface area (Å²) in [6.07, 6.45) is 1.81. The van der Waals surface area contributed by atoms with Crippen LogP contribution in [0.1, 0.15) is 39.9 Å². The van der Waals surface area contributed by atoms with Crippen molar-refractivity contribution in [1.29, 1.82) is 0 Å². The number of piperidine rings is 1. The van der Waals surface area contributed by atoms with E-state index in [1.165, 1.54) is 12.1 Å². The zero-order valence-electron chi connectivity index (χ0n) is 18.5. The van der Waals surface area contributed by atoms with E-state index in [4.69, 9.17) is 4.74 Å². The smallest absolute Gasteiger partial charge is 0.416 e. The standard InChI is InChI=1S/C25H25F3N4O2/c26-25(27,28)22-4-2-1-3-20(22)17-32-13-9-21(10-14-32)34-23-6-5-18(15-30-23)16-31-24(33)19-7-11-29-12-8-19/h1-8,11-12,15,21H,9-10,13-14,16-17H2,(H,31,33). The number of nitrogens with zero attached hydrogens (tertiary/aromatic N) is 3. The van der Waals surface area contributed by atoms with E-state index in [-0.39, 0.29) is 18.6 Å². The molecule has 0 unspecified atom stereocenters. The zero-order valence-corrected chi connectivity index (χ0v) is 18.5. The summed E-state index contributed by atoms with van der Waals surface area (Å²) in [4.78, 5) is 22.4. The first-order valence-electron chi connectivity index (χ1n) is 11.1. The average Bonchev–Trinajstić information content (AvgIpc) is 2.85. The fourth-order valence-corrected chi connectivity index (χ4v) is 3.90. The van der Waals surface area contributed by atoms with Gasteiger partial charge in [-0.3, -0.25) is 14.7 Å². The van der Waals surface area contributed by atoms with Gasteiger partial charge in [0.15, 0.2) is 0 Å². The van der Waals surface area contributed by atoms with Crippen LogP contribution in [0.15, 0.2) is 67.1 Å². The normalized spacial score (nSPS) is 15.1. The molecule has 178 valence electrons. The number of likely N-dealkylation sites (tertiary alicyclic amines) is 1. The Morgan fingerprint density at radius 3 is 2.47 bits per heavy atom. The lowest BCUT2D eigenvalue weighted by Crippen LogP contribution is -2.38. The number of alkyl halides is 3. The van der Waals surface area contributed by atoms with Crippen molar-refractivity contribution >= 4 is 5.91 Å². The van der Waals surface area contributed by atoms with Gasteiger partial charge < -0.3 is 10.1 Å². The van der Waals surface area contributed by atoms with Gasteiger partial charge in [0.2, 0.25) is 5.88 Å². The molecule has 1 amide bonds. The van der Waals surface area contributed by atoms with E-state index in [9.17, 15) is 18.0 Å². The van der Waals surface area contributed by atoms with Crippen LogP contribution in [0.2, 0.25) is 0 Å². The second kappa shape index (κ2) is 10.6. The summed E-state index contributed by atoms with van der Waals surface area (Å²) in [7, 11) is 0. The quantitative estimate of drug-likeness (QED) is 0.552.